The summed E-state index contributed by atoms with van der Waals surface area (Å²) in [5, 5.41) is 0. The molecule has 112 valence electrons. The smallest absolute Gasteiger partial charge is 0.0741 e. The zero-order valence-corrected chi connectivity index (χ0v) is 13.1. The van der Waals surface area contributed by atoms with E-state index in [1.807, 2.05) is 0 Å². The maximum Gasteiger partial charge on any atom is 0.0741 e. The highest BCUT2D eigenvalue weighted by atomic mass is 14.7. The van der Waals surface area contributed by atoms with E-state index in [0.717, 1.165) is 0 Å². The van der Waals surface area contributed by atoms with Crippen LogP contribution in [0, 0.1) is 0 Å². The van der Waals surface area contributed by atoms with Crippen LogP contribution in [0.3, 0.4) is 0 Å². The number of hydrogen-bond donors (Lipinski definition) is 1. The Kier molecular flexibility index (Phi) is 2.10. The van der Waals surface area contributed by atoms with Gasteiger partial charge in [0.2, 0.25) is 0 Å². The van der Waals surface area contributed by atoms with Crippen molar-refractivity contribution in [1.29, 1.82) is 0 Å². The number of hydrogen-bond acceptors (Lipinski definition) is 0. The van der Waals surface area contributed by atoms with Crippen LogP contribution in [0.5, 0.6) is 0 Å². The van der Waals surface area contributed by atoms with Crippen LogP contribution in [-0.4, -0.2) is 4.98 Å². The minimum atomic E-state index is -0.181. The van der Waals surface area contributed by atoms with Crippen molar-refractivity contribution in [1.82, 2.24) is 4.98 Å². The maximum atomic E-state index is 3.49. The molecule has 24 heavy (non-hydrogen) atoms. The summed E-state index contributed by atoms with van der Waals surface area (Å²) >= 11 is 0. The lowest BCUT2D eigenvalue weighted by molar-refractivity contribution is 0.795. The lowest BCUT2D eigenvalue weighted by Crippen LogP contribution is -2.25. The molecule has 1 aromatic heterocycles. The van der Waals surface area contributed by atoms with Crippen LogP contribution >= 0.6 is 0 Å². The molecule has 4 aromatic rings. The lowest BCUT2D eigenvalue weighted by atomic mass is 9.71. The molecule has 0 atom stereocenters. The number of nitrogens with one attached hydrogen (secondary N) is 1. The van der Waals surface area contributed by atoms with Crippen LogP contribution in [0.25, 0.3) is 22.4 Å². The van der Waals surface area contributed by atoms with Gasteiger partial charge in [-0.05, 0) is 39.4 Å². The summed E-state index contributed by atoms with van der Waals surface area (Å²) in [7, 11) is 0. The predicted molar refractivity (Wildman–Crippen MR) is 97.1 cm³/mol. The molecule has 1 spiro atoms. The number of benzene rings is 3. The van der Waals surface area contributed by atoms with E-state index < -0.39 is 0 Å². The number of aromatic nitrogens is 1. The van der Waals surface area contributed by atoms with Crippen LogP contribution in [0.1, 0.15) is 22.3 Å². The number of aromatic amines is 1. The maximum absolute atomic E-state index is 3.49. The average Bonchev–Trinajstić information content (AvgIpc) is 3.30. The van der Waals surface area contributed by atoms with Crippen LogP contribution in [0.4, 0.5) is 0 Å². The molecule has 6 rings (SSSR count). The van der Waals surface area contributed by atoms with E-state index in [1.54, 1.807) is 0 Å². The summed E-state index contributed by atoms with van der Waals surface area (Å²) in [4.78, 5) is 3.49. The van der Waals surface area contributed by atoms with E-state index in [2.05, 4.69) is 90.0 Å². The van der Waals surface area contributed by atoms with Gasteiger partial charge >= 0.3 is 0 Å². The SMILES string of the molecule is c1ccc2c(c1)-c1ccccc1C21c2ccccc2-c2[nH]ccc21. The predicted octanol–water partition coefficient (Wildman–Crippen LogP) is 5.36. The molecule has 0 radical (unpaired) electrons. The van der Waals surface area contributed by atoms with Crippen molar-refractivity contribution < 1.29 is 0 Å². The molecule has 0 aliphatic heterocycles. The van der Waals surface area contributed by atoms with E-state index in [4.69, 9.17) is 0 Å². The van der Waals surface area contributed by atoms with Gasteiger partial charge in [0.15, 0.2) is 0 Å². The number of fused-ring (bicyclic) bond motifs is 10. The van der Waals surface area contributed by atoms with E-state index >= 15 is 0 Å². The fourth-order valence-corrected chi connectivity index (χ4v) is 4.89. The summed E-state index contributed by atoms with van der Waals surface area (Å²) in [5.74, 6) is 0. The van der Waals surface area contributed by atoms with Gasteiger partial charge in [-0.3, -0.25) is 0 Å². The van der Waals surface area contributed by atoms with Gasteiger partial charge in [0, 0.05) is 11.8 Å². The molecule has 1 N–H and O–H groups in total. The van der Waals surface area contributed by atoms with Crippen molar-refractivity contribution in [2.45, 2.75) is 5.41 Å². The Labute approximate surface area is 140 Å². The van der Waals surface area contributed by atoms with Gasteiger partial charge in [-0.1, -0.05) is 72.8 Å². The van der Waals surface area contributed by atoms with E-state index in [0.29, 0.717) is 0 Å². The van der Waals surface area contributed by atoms with Crippen molar-refractivity contribution in [3.8, 4) is 22.4 Å². The summed E-state index contributed by atoms with van der Waals surface area (Å²) < 4.78 is 0. The van der Waals surface area contributed by atoms with Crippen molar-refractivity contribution >= 4 is 0 Å². The minimum absolute atomic E-state index is 0.181. The van der Waals surface area contributed by atoms with Gasteiger partial charge in [0.25, 0.3) is 0 Å². The summed E-state index contributed by atoms with van der Waals surface area (Å²) in [5.41, 5.74) is 10.7. The van der Waals surface area contributed by atoms with Gasteiger partial charge in [-0.2, -0.15) is 0 Å². The van der Waals surface area contributed by atoms with Gasteiger partial charge in [-0.25, -0.2) is 0 Å². The van der Waals surface area contributed by atoms with Gasteiger partial charge < -0.3 is 4.98 Å². The molecule has 0 amide bonds. The van der Waals surface area contributed by atoms with Crippen molar-refractivity contribution in [3.63, 3.8) is 0 Å². The Morgan fingerprint density at radius 2 is 1.00 bits per heavy atom. The second-order valence-corrected chi connectivity index (χ2v) is 6.65. The lowest BCUT2D eigenvalue weighted by Gasteiger charge is -2.29. The van der Waals surface area contributed by atoms with Gasteiger partial charge in [0.1, 0.15) is 0 Å². The molecule has 1 nitrogen and oxygen atoms in total. The van der Waals surface area contributed by atoms with Crippen LogP contribution < -0.4 is 0 Å². The third-order valence-corrected chi connectivity index (χ3v) is 5.70. The van der Waals surface area contributed by atoms with Crippen molar-refractivity contribution in [3.05, 3.63) is 107 Å². The highest BCUT2D eigenvalue weighted by Crippen LogP contribution is 2.62. The number of rotatable bonds is 0. The molecule has 0 saturated heterocycles. The third-order valence-electron chi connectivity index (χ3n) is 5.70. The molecule has 0 fully saturated rings. The molecular weight excluding hydrogens is 290 g/mol. The Morgan fingerprint density at radius 1 is 0.500 bits per heavy atom. The topological polar surface area (TPSA) is 15.8 Å². The van der Waals surface area contributed by atoms with E-state index in [9.17, 15) is 0 Å². The third kappa shape index (κ3) is 1.18. The first-order valence-corrected chi connectivity index (χ1v) is 8.39. The fraction of sp³-hybridized carbons (Fsp3) is 0.0435. The van der Waals surface area contributed by atoms with Gasteiger partial charge in [0.05, 0.1) is 11.1 Å². The first-order valence-electron chi connectivity index (χ1n) is 8.39. The largest absolute Gasteiger partial charge is 0.361 e. The summed E-state index contributed by atoms with van der Waals surface area (Å²) in [6.45, 7) is 0. The Hall–Kier alpha value is -3.06. The fourth-order valence-electron chi connectivity index (χ4n) is 4.89. The molecule has 2 aliphatic rings. The Bertz CT molecular complexity index is 1070. The first-order chi connectivity index (χ1) is 11.9. The molecule has 2 aliphatic carbocycles. The second kappa shape index (κ2) is 4.07. The highest BCUT2D eigenvalue weighted by Gasteiger charge is 2.51. The Morgan fingerprint density at radius 3 is 1.62 bits per heavy atom. The molecular formula is C23H15N. The molecule has 1 heteroatoms. The molecule has 0 saturated carbocycles. The first kappa shape index (κ1) is 12.4. The minimum Gasteiger partial charge on any atom is -0.361 e. The zero-order chi connectivity index (χ0) is 15.7. The molecule has 1 heterocycles. The van der Waals surface area contributed by atoms with Crippen molar-refractivity contribution in [2.24, 2.45) is 0 Å². The monoisotopic (exact) mass is 305 g/mol. The Balaban J connectivity index is 1.89. The molecule has 0 bridgehead atoms. The van der Waals surface area contributed by atoms with Gasteiger partial charge in [-0.15, -0.1) is 0 Å². The number of H-pyrrole nitrogens is 1. The van der Waals surface area contributed by atoms with E-state index in [-0.39, 0.29) is 5.41 Å². The van der Waals surface area contributed by atoms with Crippen molar-refractivity contribution in [2.75, 3.05) is 0 Å². The highest BCUT2D eigenvalue weighted by molar-refractivity contribution is 5.93. The van der Waals surface area contributed by atoms with Crippen LogP contribution in [0.2, 0.25) is 0 Å². The zero-order valence-electron chi connectivity index (χ0n) is 13.1. The quantitative estimate of drug-likeness (QED) is 0.389. The molecule has 0 unspecified atom stereocenters. The molecule has 3 aromatic carbocycles. The van der Waals surface area contributed by atoms with Crippen LogP contribution in [-0.2, 0) is 5.41 Å². The van der Waals surface area contributed by atoms with Crippen LogP contribution in [0.15, 0.2) is 85.1 Å². The second-order valence-electron chi connectivity index (χ2n) is 6.65. The standard InChI is InChI=1S/C23H15N/c1-4-10-18-15(7-1)16-8-2-5-11-19(16)23(18)20-12-6-3-9-17(20)22-21(23)13-14-24-22/h1-14,24H. The summed E-state index contributed by atoms with van der Waals surface area (Å²) in [6, 6.07) is 28.8. The summed E-state index contributed by atoms with van der Waals surface area (Å²) in [6.07, 6.45) is 2.08. The average molecular weight is 305 g/mol. The normalized spacial score (nSPS) is 15.0. The van der Waals surface area contributed by atoms with E-state index in [1.165, 1.54) is 44.6 Å².